The maximum Gasteiger partial charge on any atom is 2.00 e. The van der Waals surface area contributed by atoms with Gasteiger partial charge in [-0.1, -0.05) is 12.2 Å². The predicted octanol–water partition coefficient (Wildman–Crippen LogP) is 0.531. The molecule has 1 saturated heterocycles. The standard InChI is InChI=1S/C5H9NOS2.Zn/c8-5(9)6-1-3-7-4-2-6;/h1-4H2,(H,8,9);/q;+2. The molecule has 0 aliphatic carbocycles. The minimum Gasteiger partial charge on any atom is -0.378 e. The number of thiocarbonyl (C=S) groups is 1. The molecule has 1 rings (SSSR count). The van der Waals surface area contributed by atoms with E-state index in [2.05, 4.69) is 12.6 Å². The van der Waals surface area contributed by atoms with Crippen LogP contribution in [0.15, 0.2) is 0 Å². The van der Waals surface area contributed by atoms with Crippen LogP contribution in [0.25, 0.3) is 0 Å². The van der Waals surface area contributed by atoms with Crippen molar-refractivity contribution in [3.63, 3.8) is 0 Å². The van der Waals surface area contributed by atoms with Crippen LogP contribution in [0.2, 0.25) is 0 Å². The number of nitrogens with zero attached hydrogens (tertiary/aromatic N) is 1. The molecule has 0 radical (unpaired) electrons. The first kappa shape index (κ1) is 10.8. The summed E-state index contributed by atoms with van der Waals surface area (Å²) in [6.07, 6.45) is 0. The van der Waals surface area contributed by atoms with E-state index in [1.807, 2.05) is 4.90 Å². The van der Waals surface area contributed by atoms with Crippen LogP contribution in [0.5, 0.6) is 0 Å². The van der Waals surface area contributed by atoms with Crippen molar-refractivity contribution in [2.75, 3.05) is 26.3 Å². The summed E-state index contributed by atoms with van der Waals surface area (Å²) in [5.74, 6) is 0. The van der Waals surface area contributed by atoms with E-state index in [1.165, 1.54) is 0 Å². The topological polar surface area (TPSA) is 12.5 Å². The maximum atomic E-state index is 5.11. The molecule has 0 atom stereocenters. The summed E-state index contributed by atoms with van der Waals surface area (Å²) in [6, 6.07) is 0. The Balaban J connectivity index is 0.000000810. The van der Waals surface area contributed by atoms with E-state index in [1.54, 1.807) is 0 Å². The molecule has 0 spiro atoms. The first-order valence-corrected chi connectivity index (χ1v) is 3.72. The van der Waals surface area contributed by atoms with Crippen molar-refractivity contribution in [2.45, 2.75) is 0 Å². The average molecular weight is 229 g/mol. The molecule has 2 nitrogen and oxygen atoms in total. The summed E-state index contributed by atoms with van der Waals surface area (Å²) >= 11 is 8.89. The first-order chi connectivity index (χ1) is 4.30. The van der Waals surface area contributed by atoms with Gasteiger partial charge in [-0.3, -0.25) is 0 Å². The smallest absolute Gasteiger partial charge is 0.378 e. The Bertz CT molecular complexity index is 116. The van der Waals surface area contributed by atoms with Gasteiger partial charge >= 0.3 is 19.5 Å². The summed E-state index contributed by atoms with van der Waals surface area (Å²) in [7, 11) is 0. The number of thiol groups is 1. The third-order valence-corrected chi connectivity index (χ3v) is 1.82. The van der Waals surface area contributed by atoms with Crippen molar-refractivity contribution in [1.29, 1.82) is 0 Å². The quantitative estimate of drug-likeness (QED) is 0.369. The van der Waals surface area contributed by atoms with Gasteiger partial charge in [0.05, 0.1) is 13.2 Å². The molecular weight excluding hydrogens is 220 g/mol. The molecule has 0 unspecified atom stereocenters. The van der Waals surface area contributed by atoms with Crippen LogP contribution in [-0.2, 0) is 24.2 Å². The Morgan fingerprint density at radius 1 is 1.40 bits per heavy atom. The molecule has 5 heteroatoms. The number of hydrogen-bond acceptors (Lipinski definition) is 2. The SMILES string of the molecule is S=C(S)N1CCOCC1.[Zn+2]. The van der Waals surface area contributed by atoms with E-state index in [4.69, 9.17) is 17.0 Å². The molecule has 0 aromatic rings. The molecule has 10 heavy (non-hydrogen) atoms. The molecule has 0 N–H and O–H groups in total. The summed E-state index contributed by atoms with van der Waals surface area (Å²) in [5.41, 5.74) is 0. The number of rotatable bonds is 0. The maximum absolute atomic E-state index is 5.11. The second-order valence-corrected chi connectivity index (χ2v) is 2.99. The van der Waals surface area contributed by atoms with Gasteiger partial charge in [0, 0.05) is 13.1 Å². The molecule has 1 aliphatic heterocycles. The predicted molar refractivity (Wildman–Crippen MR) is 44.0 cm³/mol. The second-order valence-electron chi connectivity index (χ2n) is 1.88. The van der Waals surface area contributed by atoms with Crippen molar-refractivity contribution in [3.05, 3.63) is 0 Å². The monoisotopic (exact) mass is 227 g/mol. The fraction of sp³-hybridized carbons (Fsp3) is 0.800. The molecule has 0 saturated carbocycles. The zero-order chi connectivity index (χ0) is 6.69. The third-order valence-electron chi connectivity index (χ3n) is 1.28. The fourth-order valence-corrected chi connectivity index (χ4v) is 1.14. The molecule has 52 valence electrons. The molecule has 1 fully saturated rings. The van der Waals surface area contributed by atoms with Crippen LogP contribution in [-0.4, -0.2) is 35.5 Å². The largest absolute Gasteiger partial charge is 2.00 e. The minimum atomic E-state index is 0. The van der Waals surface area contributed by atoms with Gasteiger partial charge in [0.2, 0.25) is 0 Å². The molecular formula is C5H9NOS2Zn+2. The van der Waals surface area contributed by atoms with Gasteiger partial charge < -0.3 is 9.64 Å². The van der Waals surface area contributed by atoms with Crippen LogP contribution in [0.1, 0.15) is 0 Å². The summed E-state index contributed by atoms with van der Waals surface area (Å²) in [4.78, 5) is 2.03. The van der Waals surface area contributed by atoms with Crippen LogP contribution < -0.4 is 0 Å². The van der Waals surface area contributed by atoms with E-state index >= 15 is 0 Å². The van der Waals surface area contributed by atoms with Crippen LogP contribution in [0, 0.1) is 0 Å². The Labute approximate surface area is 84.5 Å². The first-order valence-electron chi connectivity index (χ1n) is 2.86. The van der Waals surface area contributed by atoms with E-state index in [0.717, 1.165) is 26.3 Å². The van der Waals surface area contributed by atoms with Crippen LogP contribution in [0.3, 0.4) is 0 Å². The summed E-state index contributed by atoms with van der Waals surface area (Å²) < 4.78 is 5.79. The van der Waals surface area contributed by atoms with Crippen molar-refractivity contribution >= 4 is 29.2 Å². The van der Waals surface area contributed by atoms with Crippen LogP contribution in [0.4, 0.5) is 0 Å². The average Bonchev–Trinajstić information content (AvgIpc) is 1.90. The second kappa shape index (κ2) is 5.47. The van der Waals surface area contributed by atoms with Crippen molar-refractivity contribution in [2.24, 2.45) is 0 Å². The van der Waals surface area contributed by atoms with Crippen LogP contribution >= 0.6 is 24.8 Å². The molecule has 0 aromatic carbocycles. The van der Waals surface area contributed by atoms with Gasteiger partial charge in [0.1, 0.15) is 4.32 Å². The number of hydrogen-bond donors (Lipinski definition) is 1. The Hall–Kier alpha value is 0.823. The molecule has 0 aromatic heterocycles. The van der Waals surface area contributed by atoms with E-state index in [0.29, 0.717) is 4.32 Å². The van der Waals surface area contributed by atoms with E-state index in [9.17, 15) is 0 Å². The molecule has 0 amide bonds. The van der Waals surface area contributed by atoms with Gasteiger partial charge in [0.15, 0.2) is 0 Å². The zero-order valence-electron chi connectivity index (χ0n) is 5.75. The summed E-state index contributed by atoms with van der Waals surface area (Å²) in [6.45, 7) is 3.34. The Morgan fingerprint density at radius 3 is 2.20 bits per heavy atom. The number of morpholine rings is 1. The van der Waals surface area contributed by atoms with Gasteiger partial charge in [-0.05, 0) is 0 Å². The fourth-order valence-electron chi connectivity index (χ4n) is 0.755. The molecule has 0 bridgehead atoms. The van der Waals surface area contributed by atoms with E-state index in [-0.39, 0.29) is 19.5 Å². The molecule has 1 heterocycles. The van der Waals surface area contributed by atoms with Gasteiger partial charge in [-0.2, -0.15) is 0 Å². The third kappa shape index (κ3) is 3.28. The van der Waals surface area contributed by atoms with Crippen molar-refractivity contribution < 1.29 is 24.2 Å². The Kier molecular flexibility index (Phi) is 5.92. The minimum absolute atomic E-state index is 0. The zero-order valence-corrected chi connectivity index (χ0v) is 10.4. The van der Waals surface area contributed by atoms with E-state index < -0.39 is 0 Å². The van der Waals surface area contributed by atoms with Crippen molar-refractivity contribution in [3.8, 4) is 0 Å². The van der Waals surface area contributed by atoms with Gasteiger partial charge in [0.25, 0.3) is 0 Å². The Morgan fingerprint density at radius 2 is 1.90 bits per heavy atom. The normalized spacial score (nSPS) is 17.9. The molecule has 1 aliphatic rings. The van der Waals surface area contributed by atoms with Crippen molar-refractivity contribution in [1.82, 2.24) is 4.90 Å². The number of ether oxygens (including phenoxy) is 1. The van der Waals surface area contributed by atoms with Gasteiger partial charge in [-0.25, -0.2) is 0 Å². The van der Waals surface area contributed by atoms with Gasteiger partial charge in [-0.15, -0.1) is 12.6 Å². The summed E-state index contributed by atoms with van der Waals surface area (Å²) in [5, 5.41) is 0.